The summed E-state index contributed by atoms with van der Waals surface area (Å²) in [6.07, 6.45) is 2.23. The smallest absolute Gasteiger partial charge is 0.270 e. The first kappa shape index (κ1) is 17.3. The van der Waals surface area contributed by atoms with Crippen LogP contribution < -0.4 is 10.2 Å². The van der Waals surface area contributed by atoms with E-state index in [1.165, 1.54) is 12.1 Å². The monoisotopic (exact) mass is 342 g/mol. The predicted octanol–water partition coefficient (Wildman–Crippen LogP) is 3.09. The highest BCUT2D eigenvalue weighted by molar-refractivity contribution is 5.92. The van der Waals surface area contributed by atoms with E-state index in [9.17, 15) is 9.18 Å². The highest BCUT2D eigenvalue weighted by Gasteiger charge is 2.20. The molecule has 5 nitrogen and oxygen atoms in total. The minimum atomic E-state index is -0.290. The van der Waals surface area contributed by atoms with Crippen LogP contribution in [0.25, 0.3) is 0 Å². The normalized spacial score (nSPS) is 15.2. The Bertz CT molecular complexity index is 740. The first-order valence-corrected chi connectivity index (χ1v) is 8.64. The van der Waals surface area contributed by atoms with E-state index in [1.54, 1.807) is 18.2 Å². The summed E-state index contributed by atoms with van der Waals surface area (Å²) in [6, 6.07) is 7.76. The fourth-order valence-electron chi connectivity index (χ4n) is 2.89. The molecule has 1 aliphatic heterocycles. The van der Waals surface area contributed by atoms with Crippen molar-refractivity contribution in [3.63, 3.8) is 0 Å². The molecule has 25 heavy (non-hydrogen) atoms. The minimum absolute atomic E-state index is 0.249. The molecule has 0 spiro atoms. The van der Waals surface area contributed by atoms with Crippen LogP contribution in [0.4, 0.5) is 10.3 Å². The summed E-state index contributed by atoms with van der Waals surface area (Å²) in [7, 11) is 0. The Labute approximate surface area is 147 Å². The number of aromatic nitrogens is 2. The van der Waals surface area contributed by atoms with E-state index in [1.807, 2.05) is 6.92 Å². The van der Waals surface area contributed by atoms with Gasteiger partial charge in [-0.3, -0.25) is 4.79 Å². The number of hydrogen-bond acceptors (Lipinski definition) is 4. The van der Waals surface area contributed by atoms with Gasteiger partial charge in [0, 0.05) is 25.3 Å². The Morgan fingerprint density at radius 2 is 1.92 bits per heavy atom. The van der Waals surface area contributed by atoms with Crippen molar-refractivity contribution in [2.75, 3.05) is 18.0 Å². The lowest BCUT2D eigenvalue weighted by Gasteiger charge is -2.30. The lowest BCUT2D eigenvalue weighted by atomic mass is 10.00. The van der Waals surface area contributed by atoms with Crippen LogP contribution in [0.1, 0.15) is 41.5 Å². The molecule has 3 rings (SSSR count). The average Bonchev–Trinajstić information content (AvgIpc) is 2.61. The summed E-state index contributed by atoms with van der Waals surface area (Å²) in [5.41, 5.74) is 1.98. The first-order valence-electron chi connectivity index (χ1n) is 8.64. The minimum Gasteiger partial charge on any atom is -0.347 e. The zero-order chi connectivity index (χ0) is 17.8. The lowest BCUT2D eigenvalue weighted by Crippen LogP contribution is -2.35. The molecule has 0 atom stereocenters. The highest BCUT2D eigenvalue weighted by Crippen LogP contribution is 2.20. The van der Waals surface area contributed by atoms with Gasteiger partial charge in [-0.15, -0.1) is 0 Å². The number of aryl methyl sites for hydroxylation is 1. The lowest BCUT2D eigenvalue weighted by molar-refractivity contribution is 0.0945. The van der Waals surface area contributed by atoms with E-state index >= 15 is 0 Å². The van der Waals surface area contributed by atoms with E-state index in [-0.39, 0.29) is 11.7 Å². The molecule has 0 unspecified atom stereocenters. The van der Waals surface area contributed by atoms with Crippen molar-refractivity contribution in [3.8, 4) is 0 Å². The number of nitrogens with one attached hydrogen (secondary N) is 1. The van der Waals surface area contributed by atoms with Gasteiger partial charge in [0.1, 0.15) is 11.5 Å². The Morgan fingerprint density at radius 3 is 2.60 bits per heavy atom. The molecule has 0 saturated carbocycles. The summed E-state index contributed by atoms with van der Waals surface area (Å²) in [5.74, 6) is 0.807. The summed E-state index contributed by atoms with van der Waals surface area (Å²) in [4.78, 5) is 23.5. The number of halogens is 1. The molecule has 2 heterocycles. The Hall–Kier alpha value is -2.50. The molecule has 1 aliphatic rings. The molecule has 0 aliphatic carbocycles. The quantitative estimate of drug-likeness (QED) is 0.928. The molecular formula is C19H23FN4O. The summed E-state index contributed by atoms with van der Waals surface area (Å²) < 4.78 is 12.9. The summed E-state index contributed by atoms with van der Waals surface area (Å²) in [6.45, 7) is 6.29. The summed E-state index contributed by atoms with van der Waals surface area (Å²) in [5, 5.41) is 2.83. The molecule has 0 bridgehead atoms. The van der Waals surface area contributed by atoms with Crippen LogP contribution in [-0.4, -0.2) is 29.0 Å². The number of nitrogens with zero attached hydrogens (tertiary/aromatic N) is 3. The van der Waals surface area contributed by atoms with Crippen molar-refractivity contribution in [3.05, 3.63) is 53.1 Å². The molecule has 2 aromatic rings. The van der Waals surface area contributed by atoms with Gasteiger partial charge in [0.2, 0.25) is 5.95 Å². The predicted molar refractivity (Wildman–Crippen MR) is 95.0 cm³/mol. The van der Waals surface area contributed by atoms with Crippen LogP contribution in [0.3, 0.4) is 0 Å². The first-order chi connectivity index (χ1) is 12.0. The van der Waals surface area contributed by atoms with E-state index in [0.717, 1.165) is 43.1 Å². The average molecular weight is 342 g/mol. The third-order valence-electron chi connectivity index (χ3n) is 4.51. The molecule has 1 aromatic heterocycles. The van der Waals surface area contributed by atoms with Gasteiger partial charge >= 0.3 is 0 Å². The van der Waals surface area contributed by atoms with Gasteiger partial charge in [-0.1, -0.05) is 19.1 Å². The van der Waals surface area contributed by atoms with Crippen LogP contribution in [0, 0.1) is 18.7 Å². The van der Waals surface area contributed by atoms with Gasteiger partial charge in [0.25, 0.3) is 5.91 Å². The number of anilines is 1. The van der Waals surface area contributed by atoms with Crippen molar-refractivity contribution in [2.24, 2.45) is 5.92 Å². The second-order valence-corrected chi connectivity index (χ2v) is 6.67. The van der Waals surface area contributed by atoms with Crippen molar-refractivity contribution in [1.29, 1.82) is 0 Å². The molecule has 1 saturated heterocycles. The van der Waals surface area contributed by atoms with Crippen LogP contribution in [0.15, 0.2) is 30.3 Å². The Kier molecular flexibility index (Phi) is 5.26. The number of amides is 1. The molecule has 1 aromatic carbocycles. The zero-order valence-electron chi connectivity index (χ0n) is 14.6. The Morgan fingerprint density at radius 1 is 1.24 bits per heavy atom. The maximum Gasteiger partial charge on any atom is 0.270 e. The number of piperidine rings is 1. The fourth-order valence-corrected chi connectivity index (χ4v) is 2.89. The third-order valence-corrected chi connectivity index (χ3v) is 4.51. The molecular weight excluding hydrogens is 319 g/mol. The number of carbonyl (C=O) groups is 1. The largest absolute Gasteiger partial charge is 0.347 e. The number of carbonyl (C=O) groups excluding carboxylic acids is 1. The molecule has 1 fully saturated rings. The third kappa shape index (κ3) is 4.53. The standard InChI is InChI=1S/C19H23FN4O/c1-13-7-9-24(10-8-13)19-22-14(2)11-17(23-19)18(25)21-12-15-3-5-16(20)6-4-15/h3-6,11,13H,7-10,12H2,1-2H3,(H,21,25). The second kappa shape index (κ2) is 7.59. The topological polar surface area (TPSA) is 58.1 Å². The van der Waals surface area contributed by atoms with Crippen LogP contribution in [0.5, 0.6) is 0 Å². The molecule has 6 heteroatoms. The number of hydrogen-bond donors (Lipinski definition) is 1. The van der Waals surface area contributed by atoms with Crippen LogP contribution in [-0.2, 0) is 6.54 Å². The number of rotatable bonds is 4. The van der Waals surface area contributed by atoms with Crippen LogP contribution >= 0.6 is 0 Å². The van der Waals surface area contributed by atoms with Crippen molar-refractivity contribution >= 4 is 11.9 Å². The van der Waals surface area contributed by atoms with Gasteiger partial charge in [-0.25, -0.2) is 14.4 Å². The molecule has 1 N–H and O–H groups in total. The molecule has 1 amide bonds. The van der Waals surface area contributed by atoms with Gasteiger partial charge in [0.15, 0.2) is 0 Å². The highest BCUT2D eigenvalue weighted by atomic mass is 19.1. The summed E-state index contributed by atoms with van der Waals surface area (Å²) >= 11 is 0. The van der Waals surface area contributed by atoms with Crippen LogP contribution in [0.2, 0.25) is 0 Å². The van der Waals surface area contributed by atoms with Crippen molar-refractivity contribution in [1.82, 2.24) is 15.3 Å². The van der Waals surface area contributed by atoms with Gasteiger partial charge in [-0.05, 0) is 49.4 Å². The van der Waals surface area contributed by atoms with Crippen molar-refractivity contribution in [2.45, 2.75) is 33.2 Å². The maximum atomic E-state index is 12.9. The van der Waals surface area contributed by atoms with E-state index in [2.05, 4.69) is 27.1 Å². The molecule has 132 valence electrons. The van der Waals surface area contributed by atoms with Gasteiger partial charge in [0.05, 0.1) is 0 Å². The van der Waals surface area contributed by atoms with E-state index in [4.69, 9.17) is 0 Å². The SMILES string of the molecule is Cc1cc(C(=O)NCc2ccc(F)cc2)nc(N2CCC(C)CC2)n1. The van der Waals surface area contributed by atoms with Gasteiger partial charge in [-0.2, -0.15) is 0 Å². The Balaban J connectivity index is 1.68. The molecule has 0 radical (unpaired) electrons. The second-order valence-electron chi connectivity index (χ2n) is 6.67. The fraction of sp³-hybridized carbons (Fsp3) is 0.421. The van der Waals surface area contributed by atoms with E-state index in [0.29, 0.717) is 18.2 Å². The maximum absolute atomic E-state index is 12.9. The van der Waals surface area contributed by atoms with Gasteiger partial charge < -0.3 is 10.2 Å². The zero-order valence-corrected chi connectivity index (χ0v) is 14.6. The number of benzene rings is 1. The van der Waals surface area contributed by atoms with E-state index < -0.39 is 0 Å². The van der Waals surface area contributed by atoms with Crippen molar-refractivity contribution < 1.29 is 9.18 Å².